The van der Waals surface area contributed by atoms with Gasteiger partial charge in [0.05, 0.1) is 18.1 Å². The Morgan fingerprint density at radius 2 is 1.87 bits per heavy atom. The van der Waals surface area contributed by atoms with E-state index in [4.69, 9.17) is 4.74 Å². The maximum absolute atomic E-state index is 13.9. The zero-order chi connectivity index (χ0) is 23.0. The topological polar surface area (TPSA) is 131 Å². The lowest BCUT2D eigenvalue weighted by Crippen LogP contribution is -2.72. The summed E-state index contributed by atoms with van der Waals surface area (Å²) in [6, 6.07) is 6.44. The molecule has 2 aromatic carbocycles. The van der Waals surface area contributed by atoms with E-state index in [1.165, 1.54) is 48.8 Å². The van der Waals surface area contributed by atoms with Crippen molar-refractivity contribution in [2.45, 2.75) is 17.9 Å². The molecule has 0 radical (unpaired) electrons. The van der Waals surface area contributed by atoms with E-state index in [9.17, 15) is 38.0 Å². The highest BCUT2D eigenvalue weighted by Gasteiger charge is 2.66. The Morgan fingerprint density at radius 1 is 1.23 bits per heavy atom. The van der Waals surface area contributed by atoms with Gasteiger partial charge in [0.15, 0.2) is 5.78 Å². The van der Waals surface area contributed by atoms with Crippen molar-refractivity contribution in [1.82, 2.24) is 10.6 Å². The van der Waals surface area contributed by atoms with Crippen LogP contribution in [0, 0.1) is 16.0 Å². The number of carbonyl (C=O) groups is 2. The predicted octanol–water partition coefficient (Wildman–Crippen LogP) is 2.71. The molecule has 2 amide bonds. The molecule has 0 saturated carbocycles. The van der Waals surface area contributed by atoms with Crippen molar-refractivity contribution >= 4 is 17.5 Å². The fourth-order valence-corrected chi connectivity index (χ4v) is 3.38. The standard InChI is InChI=1S/C19H16F3N3O6/c1-31-13-7-5-10(6-8-13)16(26)14-15(11-3-2-4-12(9-11)25(29)30)23-17(27)24-18(14,28)19(20,21)22/h2-9,14-15,28H,1H3,(H2,23,24,27). The van der Waals surface area contributed by atoms with Gasteiger partial charge in [-0.2, -0.15) is 13.2 Å². The number of rotatable bonds is 5. The second kappa shape index (κ2) is 7.87. The highest BCUT2D eigenvalue weighted by molar-refractivity contribution is 6.00. The van der Waals surface area contributed by atoms with Gasteiger partial charge < -0.3 is 20.5 Å². The van der Waals surface area contributed by atoms with E-state index in [1.54, 1.807) is 0 Å². The quantitative estimate of drug-likeness (QED) is 0.373. The van der Waals surface area contributed by atoms with Crippen molar-refractivity contribution < 1.29 is 37.5 Å². The Balaban J connectivity index is 2.16. The lowest BCUT2D eigenvalue weighted by atomic mass is 9.77. The van der Waals surface area contributed by atoms with Gasteiger partial charge in [0.2, 0.25) is 5.72 Å². The third kappa shape index (κ3) is 4.01. The summed E-state index contributed by atoms with van der Waals surface area (Å²) in [7, 11) is 1.36. The van der Waals surface area contributed by atoms with Crippen molar-refractivity contribution in [3.63, 3.8) is 0 Å². The van der Waals surface area contributed by atoms with Crippen molar-refractivity contribution in [3.8, 4) is 5.75 Å². The van der Waals surface area contributed by atoms with Gasteiger partial charge in [-0.15, -0.1) is 0 Å². The van der Waals surface area contributed by atoms with E-state index in [1.807, 2.05) is 0 Å². The number of hydrogen-bond acceptors (Lipinski definition) is 6. The first-order chi connectivity index (χ1) is 14.5. The number of non-ortho nitro benzene ring substituents is 1. The maximum Gasteiger partial charge on any atom is 0.437 e. The lowest BCUT2D eigenvalue weighted by Gasteiger charge is -2.45. The third-order valence-corrected chi connectivity index (χ3v) is 4.90. The van der Waals surface area contributed by atoms with E-state index >= 15 is 0 Å². The number of nitro groups is 1. The summed E-state index contributed by atoms with van der Waals surface area (Å²) in [6.45, 7) is 0. The zero-order valence-corrected chi connectivity index (χ0v) is 15.8. The van der Waals surface area contributed by atoms with E-state index in [0.717, 1.165) is 12.1 Å². The number of methoxy groups -OCH3 is 1. The van der Waals surface area contributed by atoms with Crippen LogP contribution in [0.2, 0.25) is 0 Å². The number of amides is 2. The fourth-order valence-electron chi connectivity index (χ4n) is 3.38. The Kier molecular flexibility index (Phi) is 5.59. The Bertz CT molecular complexity index is 1030. The largest absolute Gasteiger partial charge is 0.497 e. The van der Waals surface area contributed by atoms with Crippen LogP contribution in [0.4, 0.5) is 23.7 Å². The minimum atomic E-state index is -5.43. The molecule has 0 spiro atoms. The minimum absolute atomic E-state index is 0.154. The number of ketones is 1. The summed E-state index contributed by atoms with van der Waals surface area (Å²) >= 11 is 0. The van der Waals surface area contributed by atoms with Crippen LogP contribution < -0.4 is 15.4 Å². The molecule has 3 unspecified atom stereocenters. The van der Waals surface area contributed by atoms with E-state index < -0.39 is 46.3 Å². The number of Topliss-reactive ketones (excluding diaryl/α,β-unsaturated/α-hetero) is 1. The van der Waals surface area contributed by atoms with Crippen LogP contribution in [0.5, 0.6) is 5.75 Å². The lowest BCUT2D eigenvalue weighted by molar-refractivity contribution is -0.385. The molecule has 1 aliphatic heterocycles. The van der Waals surface area contributed by atoms with E-state index in [2.05, 4.69) is 5.32 Å². The summed E-state index contributed by atoms with van der Waals surface area (Å²) in [5.74, 6) is -3.10. The second-order valence-electron chi connectivity index (χ2n) is 6.76. The predicted molar refractivity (Wildman–Crippen MR) is 99.3 cm³/mol. The number of nitro benzene ring substituents is 1. The molecule has 3 rings (SSSR count). The molecule has 12 heteroatoms. The Hall–Kier alpha value is -3.67. The normalized spacial score (nSPS) is 23.5. The van der Waals surface area contributed by atoms with Gasteiger partial charge in [0, 0.05) is 17.7 Å². The Morgan fingerprint density at radius 3 is 2.42 bits per heavy atom. The van der Waals surface area contributed by atoms with Gasteiger partial charge in [-0.05, 0) is 29.8 Å². The van der Waals surface area contributed by atoms with Gasteiger partial charge in [-0.3, -0.25) is 14.9 Å². The third-order valence-electron chi connectivity index (χ3n) is 4.90. The van der Waals surface area contributed by atoms with Crippen LogP contribution in [0.25, 0.3) is 0 Å². The average Bonchev–Trinajstić information content (AvgIpc) is 2.72. The first kappa shape index (κ1) is 22.0. The SMILES string of the molecule is COc1ccc(C(=O)C2C(c3cccc([N+](=O)[O-])c3)NC(=O)NC2(O)C(F)(F)F)cc1. The number of nitrogens with zero attached hydrogens (tertiary/aromatic N) is 1. The highest BCUT2D eigenvalue weighted by atomic mass is 19.4. The summed E-state index contributed by atoms with van der Waals surface area (Å²) in [6.07, 6.45) is -5.43. The molecule has 0 aliphatic carbocycles. The molecule has 3 N–H and O–H groups in total. The summed E-state index contributed by atoms with van der Waals surface area (Å²) in [5.41, 5.74) is -4.74. The molecule has 31 heavy (non-hydrogen) atoms. The number of ether oxygens (including phenoxy) is 1. The molecule has 1 saturated heterocycles. The van der Waals surface area contributed by atoms with Gasteiger partial charge in [0.25, 0.3) is 5.69 Å². The molecule has 1 fully saturated rings. The zero-order valence-electron chi connectivity index (χ0n) is 15.8. The van der Waals surface area contributed by atoms with Gasteiger partial charge >= 0.3 is 12.2 Å². The van der Waals surface area contributed by atoms with Gasteiger partial charge in [-0.25, -0.2) is 4.79 Å². The molecule has 1 aliphatic rings. The number of hydrogen-bond donors (Lipinski definition) is 3. The molecule has 0 aromatic heterocycles. The van der Waals surface area contributed by atoms with E-state index in [0.29, 0.717) is 5.75 Å². The number of halogens is 3. The summed E-state index contributed by atoms with van der Waals surface area (Å²) in [4.78, 5) is 35.4. The second-order valence-corrected chi connectivity index (χ2v) is 6.76. The molecule has 9 nitrogen and oxygen atoms in total. The average molecular weight is 439 g/mol. The van der Waals surface area contributed by atoms with Crippen molar-refractivity contribution in [3.05, 3.63) is 69.8 Å². The fraction of sp³-hybridized carbons (Fsp3) is 0.263. The van der Waals surface area contributed by atoms with Crippen LogP contribution in [0.1, 0.15) is 22.0 Å². The number of nitrogens with one attached hydrogen (secondary N) is 2. The molecular weight excluding hydrogens is 423 g/mol. The molecular formula is C19H16F3N3O6. The number of carbonyl (C=O) groups excluding carboxylic acids is 2. The summed E-state index contributed by atoms with van der Waals surface area (Å²) in [5, 5.41) is 25.2. The number of benzene rings is 2. The monoisotopic (exact) mass is 439 g/mol. The van der Waals surface area contributed by atoms with Crippen LogP contribution in [0.3, 0.4) is 0 Å². The molecule has 164 valence electrons. The van der Waals surface area contributed by atoms with Crippen molar-refractivity contribution in [2.75, 3.05) is 7.11 Å². The summed E-state index contributed by atoms with van der Waals surface area (Å²) < 4.78 is 46.6. The number of alkyl halides is 3. The van der Waals surface area contributed by atoms with E-state index in [-0.39, 0.29) is 11.1 Å². The van der Waals surface area contributed by atoms with Crippen molar-refractivity contribution in [1.29, 1.82) is 0 Å². The smallest absolute Gasteiger partial charge is 0.437 e. The first-order valence-corrected chi connectivity index (χ1v) is 8.78. The Labute approximate surface area is 173 Å². The first-order valence-electron chi connectivity index (χ1n) is 8.78. The number of aliphatic hydroxyl groups is 1. The van der Waals surface area contributed by atoms with Crippen LogP contribution >= 0.6 is 0 Å². The van der Waals surface area contributed by atoms with Crippen LogP contribution in [-0.2, 0) is 0 Å². The molecule has 1 heterocycles. The number of urea groups is 1. The van der Waals surface area contributed by atoms with Crippen molar-refractivity contribution in [2.24, 2.45) is 5.92 Å². The van der Waals surface area contributed by atoms with Gasteiger partial charge in [-0.1, -0.05) is 12.1 Å². The maximum atomic E-state index is 13.9. The highest BCUT2D eigenvalue weighted by Crippen LogP contribution is 2.44. The van der Waals surface area contributed by atoms with Crippen LogP contribution in [-0.4, -0.2) is 40.9 Å². The molecule has 2 aromatic rings. The molecule has 0 bridgehead atoms. The van der Waals surface area contributed by atoms with Gasteiger partial charge in [0.1, 0.15) is 11.7 Å². The minimum Gasteiger partial charge on any atom is -0.497 e. The molecule has 3 atom stereocenters. The van der Waals surface area contributed by atoms with Crippen LogP contribution in [0.15, 0.2) is 48.5 Å².